The fourth-order valence-electron chi connectivity index (χ4n) is 3.91. The summed E-state index contributed by atoms with van der Waals surface area (Å²) in [6.45, 7) is 2.15. The van der Waals surface area contributed by atoms with E-state index in [-0.39, 0.29) is 12.1 Å². The summed E-state index contributed by atoms with van der Waals surface area (Å²) in [6.07, 6.45) is 4.86. The Balaban J connectivity index is 1.17. The van der Waals surface area contributed by atoms with Crippen LogP contribution in [0.4, 0.5) is 4.79 Å². The van der Waals surface area contributed by atoms with Gasteiger partial charge in [-0.2, -0.15) is 0 Å². The zero-order valence-electron chi connectivity index (χ0n) is 16.1. The SMILES string of the molecule is O=C(NC[C@@H]1COc2ccccc2O1)N1CC=C(c2c[nH]c3ccccc23)CC1. The number of rotatable bonds is 3. The molecule has 0 fully saturated rings. The van der Waals surface area contributed by atoms with Gasteiger partial charge >= 0.3 is 6.03 Å². The van der Waals surface area contributed by atoms with Crippen molar-refractivity contribution in [1.29, 1.82) is 0 Å². The summed E-state index contributed by atoms with van der Waals surface area (Å²) in [5.41, 5.74) is 3.65. The van der Waals surface area contributed by atoms with Crippen LogP contribution in [0.3, 0.4) is 0 Å². The van der Waals surface area contributed by atoms with E-state index in [1.54, 1.807) is 0 Å². The largest absolute Gasteiger partial charge is 0.486 e. The van der Waals surface area contributed by atoms with Crippen molar-refractivity contribution in [1.82, 2.24) is 15.2 Å². The molecule has 2 amide bonds. The molecule has 1 aromatic heterocycles. The monoisotopic (exact) mass is 389 g/mol. The molecule has 3 heterocycles. The molecular formula is C23H23N3O3. The Kier molecular flexibility index (Phi) is 4.60. The highest BCUT2D eigenvalue weighted by Crippen LogP contribution is 2.31. The minimum Gasteiger partial charge on any atom is -0.486 e. The third-order valence-electron chi connectivity index (χ3n) is 5.48. The molecule has 2 N–H and O–H groups in total. The first-order valence-corrected chi connectivity index (χ1v) is 9.95. The van der Waals surface area contributed by atoms with Crippen LogP contribution in [0.15, 0.2) is 60.8 Å². The van der Waals surface area contributed by atoms with Crippen LogP contribution in [0.2, 0.25) is 0 Å². The summed E-state index contributed by atoms with van der Waals surface area (Å²) in [7, 11) is 0. The molecule has 2 aromatic carbocycles. The fraction of sp³-hybridized carbons (Fsp3) is 0.261. The predicted molar refractivity (Wildman–Crippen MR) is 112 cm³/mol. The number of H-pyrrole nitrogens is 1. The highest BCUT2D eigenvalue weighted by Gasteiger charge is 2.23. The molecule has 0 spiro atoms. The van der Waals surface area contributed by atoms with Crippen LogP contribution in [0, 0.1) is 0 Å². The minimum absolute atomic E-state index is 0.0679. The van der Waals surface area contributed by atoms with Crippen molar-refractivity contribution >= 4 is 22.5 Å². The van der Waals surface area contributed by atoms with Crippen LogP contribution < -0.4 is 14.8 Å². The zero-order valence-corrected chi connectivity index (χ0v) is 16.1. The summed E-state index contributed by atoms with van der Waals surface area (Å²) in [6, 6.07) is 15.8. The van der Waals surface area contributed by atoms with Crippen LogP contribution in [-0.2, 0) is 0 Å². The van der Waals surface area contributed by atoms with E-state index in [2.05, 4.69) is 40.8 Å². The number of hydrogen-bond acceptors (Lipinski definition) is 3. The zero-order chi connectivity index (χ0) is 19.6. The summed E-state index contributed by atoms with van der Waals surface area (Å²) in [4.78, 5) is 17.7. The normalized spacial score (nSPS) is 18.4. The number of aromatic nitrogens is 1. The predicted octanol–water partition coefficient (Wildman–Crippen LogP) is 3.81. The molecule has 0 aliphatic carbocycles. The van der Waals surface area contributed by atoms with Gasteiger partial charge in [0, 0.05) is 35.8 Å². The van der Waals surface area contributed by atoms with Crippen molar-refractivity contribution in [2.75, 3.05) is 26.2 Å². The first kappa shape index (κ1) is 17.7. The second-order valence-electron chi connectivity index (χ2n) is 7.36. The maximum Gasteiger partial charge on any atom is 0.317 e. The van der Waals surface area contributed by atoms with Gasteiger partial charge in [-0.15, -0.1) is 0 Å². The number of carbonyl (C=O) groups excluding carboxylic acids is 1. The van der Waals surface area contributed by atoms with Crippen molar-refractivity contribution in [3.05, 3.63) is 66.4 Å². The highest BCUT2D eigenvalue weighted by molar-refractivity contribution is 5.93. The van der Waals surface area contributed by atoms with Crippen LogP contribution in [0.1, 0.15) is 12.0 Å². The topological polar surface area (TPSA) is 66.6 Å². The van der Waals surface area contributed by atoms with E-state index in [1.165, 1.54) is 16.5 Å². The molecule has 29 heavy (non-hydrogen) atoms. The van der Waals surface area contributed by atoms with E-state index >= 15 is 0 Å². The number of carbonyl (C=O) groups is 1. The van der Waals surface area contributed by atoms with Crippen molar-refractivity contribution in [3.8, 4) is 11.5 Å². The number of urea groups is 1. The second-order valence-corrected chi connectivity index (χ2v) is 7.36. The van der Waals surface area contributed by atoms with Crippen molar-refractivity contribution in [2.45, 2.75) is 12.5 Å². The Labute approximate surface area is 169 Å². The Morgan fingerprint density at radius 2 is 1.97 bits per heavy atom. The first-order valence-electron chi connectivity index (χ1n) is 9.95. The van der Waals surface area contributed by atoms with Crippen molar-refractivity contribution in [3.63, 3.8) is 0 Å². The van der Waals surface area contributed by atoms with E-state index in [0.29, 0.717) is 26.2 Å². The van der Waals surface area contributed by atoms with E-state index in [4.69, 9.17) is 9.47 Å². The summed E-state index contributed by atoms with van der Waals surface area (Å²) in [5.74, 6) is 1.48. The minimum atomic E-state index is -0.184. The average Bonchev–Trinajstić information content (AvgIpc) is 3.21. The maximum atomic E-state index is 12.6. The molecule has 0 unspecified atom stereocenters. The average molecular weight is 389 g/mol. The number of fused-ring (bicyclic) bond motifs is 2. The number of nitrogens with zero attached hydrogens (tertiary/aromatic N) is 1. The molecule has 0 saturated carbocycles. The lowest BCUT2D eigenvalue weighted by molar-refractivity contribution is 0.0903. The Bertz CT molecular complexity index is 1070. The standard InChI is InChI=1S/C23H23N3O3/c27-23(25-13-17-15-28-21-7-3-4-8-22(21)29-17)26-11-9-16(10-12-26)19-14-24-20-6-2-1-5-18(19)20/h1-9,14,17,24H,10-13,15H2,(H,25,27)/t17-/m1/s1. The van der Waals surface area contributed by atoms with Gasteiger partial charge in [0.05, 0.1) is 6.54 Å². The summed E-state index contributed by atoms with van der Waals surface area (Å²) < 4.78 is 11.6. The number of aromatic amines is 1. The summed E-state index contributed by atoms with van der Waals surface area (Å²) in [5, 5.41) is 4.21. The Hall–Kier alpha value is -3.41. The molecular weight excluding hydrogens is 366 g/mol. The van der Waals surface area contributed by atoms with E-state index < -0.39 is 0 Å². The number of nitrogens with one attached hydrogen (secondary N) is 2. The van der Waals surface area contributed by atoms with Crippen LogP contribution in [0.5, 0.6) is 11.5 Å². The Morgan fingerprint density at radius 1 is 1.14 bits per heavy atom. The molecule has 6 heteroatoms. The van der Waals surface area contributed by atoms with Gasteiger partial charge in [0.15, 0.2) is 17.6 Å². The van der Waals surface area contributed by atoms with Crippen LogP contribution in [-0.4, -0.2) is 48.3 Å². The number of benzene rings is 2. The van der Waals surface area contributed by atoms with E-state index in [0.717, 1.165) is 23.4 Å². The van der Waals surface area contributed by atoms with Gasteiger partial charge in [-0.05, 0) is 30.2 Å². The maximum absolute atomic E-state index is 12.6. The first-order chi connectivity index (χ1) is 14.3. The second kappa shape index (κ2) is 7.54. The lowest BCUT2D eigenvalue weighted by Crippen LogP contribution is -2.47. The Morgan fingerprint density at radius 3 is 2.83 bits per heavy atom. The molecule has 2 aliphatic heterocycles. The van der Waals surface area contributed by atoms with Gasteiger partial charge in [-0.1, -0.05) is 36.4 Å². The van der Waals surface area contributed by atoms with Gasteiger partial charge in [0.25, 0.3) is 0 Å². The van der Waals surface area contributed by atoms with Gasteiger partial charge in [-0.3, -0.25) is 0 Å². The number of hydrogen-bond donors (Lipinski definition) is 2. The van der Waals surface area contributed by atoms with Gasteiger partial charge in [-0.25, -0.2) is 4.79 Å². The van der Waals surface area contributed by atoms with Crippen LogP contribution in [0.25, 0.3) is 16.5 Å². The molecule has 0 bridgehead atoms. The van der Waals surface area contributed by atoms with E-state index in [9.17, 15) is 4.79 Å². The number of ether oxygens (including phenoxy) is 2. The molecule has 2 aliphatic rings. The molecule has 6 nitrogen and oxygen atoms in total. The quantitative estimate of drug-likeness (QED) is 0.716. The fourth-order valence-corrected chi connectivity index (χ4v) is 3.91. The van der Waals surface area contributed by atoms with Crippen LogP contribution >= 0.6 is 0 Å². The lowest BCUT2D eigenvalue weighted by Gasteiger charge is -2.29. The van der Waals surface area contributed by atoms with Crippen molar-refractivity contribution < 1.29 is 14.3 Å². The third-order valence-corrected chi connectivity index (χ3v) is 5.48. The third kappa shape index (κ3) is 3.53. The molecule has 0 radical (unpaired) electrons. The van der Waals surface area contributed by atoms with Gasteiger partial charge in [0.2, 0.25) is 0 Å². The van der Waals surface area contributed by atoms with Gasteiger partial charge in [0.1, 0.15) is 6.61 Å². The summed E-state index contributed by atoms with van der Waals surface area (Å²) >= 11 is 0. The molecule has 3 aromatic rings. The number of para-hydroxylation sites is 3. The molecule has 148 valence electrons. The lowest BCUT2D eigenvalue weighted by atomic mass is 9.99. The molecule has 1 atom stereocenters. The van der Waals surface area contributed by atoms with E-state index in [1.807, 2.05) is 35.2 Å². The van der Waals surface area contributed by atoms with Crippen molar-refractivity contribution in [2.24, 2.45) is 0 Å². The highest BCUT2D eigenvalue weighted by atomic mass is 16.6. The number of amides is 2. The molecule has 0 saturated heterocycles. The molecule has 5 rings (SSSR count). The van der Waals surface area contributed by atoms with Gasteiger partial charge < -0.3 is 24.7 Å². The smallest absolute Gasteiger partial charge is 0.317 e.